The lowest BCUT2D eigenvalue weighted by Crippen LogP contribution is -2.04. The number of carbonyl (C=O) groups excluding carboxylic acids is 1. The molecule has 0 fully saturated rings. The summed E-state index contributed by atoms with van der Waals surface area (Å²) in [6, 6.07) is 8.93. The molecular weight excluding hydrogens is 516 g/mol. The Balaban J connectivity index is 2.18. The molecule has 0 aliphatic heterocycles. The van der Waals surface area contributed by atoms with Crippen LogP contribution in [0.5, 0.6) is 5.75 Å². The maximum atomic E-state index is 13.2. The molecule has 25 heavy (non-hydrogen) atoms. The summed E-state index contributed by atoms with van der Waals surface area (Å²) in [7, 11) is 0. The third kappa shape index (κ3) is 3.71. The van der Waals surface area contributed by atoms with Gasteiger partial charge in [0.25, 0.3) is 0 Å². The molecule has 0 unspecified atom stereocenters. The predicted molar refractivity (Wildman–Crippen MR) is 109 cm³/mol. The van der Waals surface area contributed by atoms with Gasteiger partial charge in [-0.2, -0.15) is 0 Å². The number of phenols is 1. The summed E-state index contributed by atoms with van der Waals surface area (Å²) in [4.78, 5) is 13.2. The topological polar surface area (TPSA) is 50.4 Å². The standard InChI is InChI=1S/C19H15Br3O3/c1-2-3-4-16-17(12-9-11(20)5-6-15(12)25-16)18(23)10-7-13(21)19(24)14(22)8-10/h5-9,24H,2-4H2,1H3. The fraction of sp³-hybridized carbons (Fsp3) is 0.211. The molecule has 0 atom stereocenters. The Hall–Kier alpha value is -1.11. The molecule has 0 amide bonds. The highest BCUT2D eigenvalue weighted by molar-refractivity contribution is 9.11. The quantitative estimate of drug-likeness (QED) is 0.361. The van der Waals surface area contributed by atoms with Crippen LogP contribution in [0.3, 0.4) is 0 Å². The van der Waals surface area contributed by atoms with Crippen LogP contribution in [0.1, 0.15) is 41.4 Å². The molecule has 0 spiro atoms. The van der Waals surface area contributed by atoms with Crippen LogP contribution < -0.4 is 0 Å². The van der Waals surface area contributed by atoms with Gasteiger partial charge in [0.1, 0.15) is 17.1 Å². The first kappa shape index (κ1) is 18.7. The summed E-state index contributed by atoms with van der Waals surface area (Å²) in [5.74, 6) is 0.659. The number of aromatic hydroxyl groups is 1. The average Bonchev–Trinajstić information content (AvgIpc) is 2.94. The molecule has 3 aromatic rings. The average molecular weight is 531 g/mol. The van der Waals surface area contributed by atoms with Gasteiger partial charge >= 0.3 is 0 Å². The number of hydrogen-bond donors (Lipinski definition) is 1. The van der Waals surface area contributed by atoms with Crippen molar-refractivity contribution in [2.45, 2.75) is 26.2 Å². The van der Waals surface area contributed by atoms with E-state index >= 15 is 0 Å². The second-order valence-electron chi connectivity index (χ2n) is 5.76. The number of hydrogen-bond acceptors (Lipinski definition) is 3. The van der Waals surface area contributed by atoms with Gasteiger partial charge in [-0.1, -0.05) is 29.3 Å². The summed E-state index contributed by atoms with van der Waals surface area (Å²) in [6.07, 6.45) is 2.68. The monoisotopic (exact) mass is 528 g/mol. The van der Waals surface area contributed by atoms with E-state index in [2.05, 4.69) is 54.7 Å². The number of benzene rings is 2. The molecule has 130 valence electrons. The summed E-state index contributed by atoms with van der Waals surface area (Å²) >= 11 is 10.0. The van der Waals surface area contributed by atoms with E-state index in [0.29, 0.717) is 37.8 Å². The molecule has 0 radical (unpaired) electrons. The van der Waals surface area contributed by atoms with Gasteiger partial charge in [-0.05, 0) is 68.6 Å². The van der Waals surface area contributed by atoms with Crippen LogP contribution in [0.4, 0.5) is 0 Å². The van der Waals surface area contributed by atoms with E-state index in [0.717, 1.165) is 22.7 Å². The highest BCUT2D eigenvalue weighted by Gasteiger charge is 2.23. The zero-order valence-corrected chi connectivity index (χ0v) is 18.2. The van der Waals surface area contributed by atoms with Crippen molar-refractivity contribution in [3.05, 3.63) is 60.6 Å². The van der Waals surface area contributed by atoms with Crippen molar-refractivity contribution in [3.8, 4) is 5.75 Å². The summed E-state index contributed by atoms with van der Waals surface area (Å²) < 4.78 is 7.80. The van der Waals surface area contributed by atoms with Gasteiger partial charge in [-0.3, -0.25) is 4.79 Å². The number of aryl methyl sites for hydroxylation is 1. The largest absolute Gasteiger partial charge is 0.506 e. The van der Waals surface area contributed by atoms with Crippen molar-refractivity contribution in [1.82, 2.24) is 0 Å². The van der Waals surface area contributed by atoms with Crippen LogP contribution in [-0.2, 0) is 6.42 Å². The number of ketones is 1. The van der Waals surface area contributed by atoms with Gasteiger partial charge in [0.05, 0.1) is 14.5 Å². The van der Waals surface area contributed by atoms with Crippen LogP contribution in [-0.4, -0.2) is 10.9 Å². The second kappa shape index (κ2) is 7.64. The van der Waals surface area contributed by atoms with Crippen LogP contribution in [0.25, 0.3) is 11.0 Å². The van der Waals surface area contributed by atoms with Crippen LogP contribution in [0.2, 0.25) is 0 Å². The minimum absolute atomic E-state index is 0.0718. The third-order valence-corrected chi connectivity index (χ3v) is 5.69. The molecule has 0 aliphatic rings. The zero-order valence-electron chi connectivity index (χ0n) is 13.4. The highest BCUT2D eigenvalue weighted by atomic mass is 79.9. The van der Waals surface area contributed by atoms with E-state index in [1.54, 1.807) is 12.1 Å². The molecule has 0 aliphatic carbocycles. The number of rotatable bonds is 5. The molecule has 1 heterocycles. The van der Waals surface area contributed by atoms with Crippen molar-refractivity contribution >= 4 is 64.5 Å². The van der Waals surface area contributed by atoms with Crippen molar-refractivity contribution in [3.63, 3.8) is 0 Å². The maximum Gasteiger partial charge on any atom is 0.197 e. The number of fused-ring (bicyclic) bond motifs is 1. The molecule has 0 saturated carbocycles. The van der Waals surface area contributed by atoms with E-state index in [1.165, 1.54) is 0 Å². The minimum Gasteiger partial charge on any atom is -0.506 e. The summed E-state index contributed by atoms with van der Waals surface area (Å²) in [6.45, 7) is 2.11. The van der Waals surface area contributed by atoms with Gasteiger partial charge in [-0.25, -0.2) is 0 Å². The van der Waals surface area contributed by atoms with Crippen molar-refractivity contribution in [2.75, 3.05) is 0 Å². The molecule has 1 aromatic heterocycles. The molecule has 1 N–H and O–H groups in total. The van der Waals surface area contributed by atoms with E-state index < -0.39 is 0 Å². The van der Waals surface area contributed by atoms with Crippen LogP contribution >= 0.6 is 47.8 Å². The van der Waals surface area contributed by atoms with Gasteiger partial charge in [0.2, 0.25) is 0 Å². The molecule has 0 saturated heterocycles. The zero-order chi connectivity index (χ0) is 18.1. The minimum atomic E-state index is -0.121. The van der Waals surface area contributed by atoms with E-state index in [4.69, 9.17) is 4.42 Å². The number of furan rings is 1. The maximum absolute atomic E-state index is 13.2. The Morgan fingerprint density at radius 1 is 1.12 bits per heavy atom. The SMILES string of the molecule is CCCCc1oc2ccc(Br)cc2c1C(=O)c1cc(Br)c(O)c(Br)c1. The Morgan fingerprint density at radius 3 is 2.44 bits per heavy atom. The number of unbranched alkanes of at least 4 members (excludes halogenated alkanes) is 1. The molecule has 6 heteroatoms. The van der Waals surface area contributed by atoms with Crippen LogP contribution in [0.15, 0.2) is 48.2 Å². The molecule has 0 bridgehead atoms. The first-order valence-corrected chi connectivity index (χ1v) is 10.2. The molecule has 3 nitrogen and oxygen atoms in total. The Bertz CT molecular complexity index is 937. The van der Waals surface area contributed by atoms with E-state index in [-0.39, 0.29) is 11.5 Å². The van der Waals surface area contributed by atoms with Gasteiger partial charge < -0.3 is 9.52 Å². The lowest BCUT2D eigenvalue weighted by molar-refractivity contribution is 0.103. The van der Waals surface area contributed by atoms with E-state index in [9.17, 15) is 9.90 Å². The van der Waals surface area contributed by atoms with E-state index in [1.807, 2.05) is 18.2 Å². The fourth-order valence-corrected chi connectivity index (χ4v) is 4.27. The fourth-order valence-electron chi connectivity index (χ4n) is 2.72. The Morgan fingerprint density at radius 2 is 1.80 bits per heavy atom. The predicted octanol–water partition coefficient (Wildman–Crippen LogP) is 7.00. The highest BCUT2D eigenvalue weighted by Crippen LogP contribution is 2.36. The van der Waals surface area contributed by atoms with Crippen LogP contribution in [0, 0.1) is 0 Å². The third-order valence-electron chi connectivity index (χ3n) is 3.99. The Kier molecular flexibility index (Phi) is 5.71. The summed E-state index contributed by atoms with van der Waals surface area (Å²) in [5.41, 5.74) is 1.78. The summed E-state index contributed by atoms with van der Waals surface area (Å²) in [5, 5.41) is 10.7. The molecule has 2 aromatic carbocycles. The van der Waals surface area contributed by atoms with Crippen molar-refractivity contribution < 1.29 is 14.3 Å². The van der Waals surface area contributed by atoms with Gasteiger partial charge in [0.15, 0.2) is 5.78 Å². The van der Waals surface area contributed by atoms with Crippen molar-refractivity contribution in [1.29, 1.82) is 0 Å². The van der Waals surface area contributed by atoms with Gasteiger partial charge in [-0.15, -0.1) is 0 Å². The normalized spacial score (nSPS) is 11.2. The Labute approximate surface area is 170 Å². The number of phenolic OH excluding ortho intramolecular Hbond substituents is 1. The molecule has 3 rings (SSSR count). The van der Waals surface area contributed by atoms with Crippen molar-refractivity contribution in [2.24, 2.45) is 0 Å². The second-order valence-corrected chi connectivity index (χ2v) is 8.39. The lowest BCUT2D eigenvalue weighted by Gasteiger charge is -2.06. The molecular formula is C19H15Br3O3. The lowest BCUT2D eigenvalue weighted by atomic mass is 9.98. The number of halogens is 3. The smallest absolute Gasteiger partial charge is 0.197 e. The first-order valence-electron chi connectivity index (χ1n) is 7.86. The van der Waals surface area contributed by atoms with Gasteiger partial charge in [0, 0.05) is 21.8 Å². The first-order chi connectivity index (χ1) is 11.9. The number of carbonyl (C=O) groups is 1.